The summed E-state index contributed by atoms with van der Waals surface area (Å²) in [7, 11) is 0. The van der Waals surface area contributed by atoms with E-state index in [0.29, 0.717) is 0 Å². The third kappa shape index (κ3) is 2.47. The normalized spacial score (nSPS) is 10.2. The summed E-state index contributed by atoms with van der Waals surface area (Å²) in [6.45, 7) is 0. The quantitative estimate of drug-likeness (QED) is 0.528. The first-order chi connectivity index (χ1) is 12.8. The zero-order valence-electron chi connectivity index (χ0n) is 13.8. The number of nitrogens with one attached hydrogen (secondary N) is 1. The minimum Gasteiger partial charge on any atom is -0.358 e. The molecule has 0 saturated carbocycles. The van der Waals surface area contributed by atoms with E-state index in [4.69, 9.17) is 10.5 Å². The van der Waals surface area contributed by atoms with Gasteiger partial charge in [-0.15, -0.1) is 0 Å². The summed E-state index contributed by atoms with van der Waals surface area (Å²) >= 11 is 0. The molecule has 26 heavy (non-hydrogen) atoms. The Morgan fingerprint density at radius 2 is 1.31 bits per heavy atom. The van der Waals surface area contributed by atoms with Crippen LogP contribution >= 0.6 is 0 Å². The van der Waals surface area contributed by atoms with Gasteiger partial charge in [-0.1, -0.05) is 48.5 Å². The second-order valence-corrected chi connectivity index (χ2v) is 5.81. The number of benzene rings is 3. The van der Waals surface area contributed by atoms with E-state index >= 15 is 0 Å². The Labute approximate surface area is 150 Å². The van der Waals surface area contributed by atoms with Crippen molar-refractivity contribution in [2.45, 2.75) is 0 Å². The van der Waals surface area contributed by atoms with E-state index in [2.05, 4.69) is 34.1 Å². The van der Waals surface area contributed by atoms with Crippen LogP contribution in [0.15, 0.2) is 84.6 Å². The van der Waals surface area contributed by atoms with Gasteiger partial charge >= 0.3 is 0 Å². The lowest BCUT2D eigenvalue weighted by Gasteiger charge is -2.13. The van der Waals surface area contributed by atoms with E-state index in [-0.39, 0.29) is 5.57 Å². The van der Waals surface area contributed by atoms with Crippen molar-refractivity contribution in [3.8, 4) is 17.8 Å². The first-order valence-corrected chi connectivity index (χ1v) is 8.18. The Kier molecular flexibility index (Phi) is 3.86. The van der Waals surface area contributed by atoms with Crippen LogP contribution < -0.4 is 5.32 Å². The molecule has 4 rings (SSSR count). The number of rotatable bonds is 3. The second-order valence-electron chi connectivity index (χ2n) is 5.81. The van der Waals surface area contributed by atoms with Crippen molar-refractivity contribution in [3.63, 3.8) is 0 Å². The highest BCUT2D eigenvalue weighted by Crippen LogP contribution is 2.34. The summed E-state index contributed by atoms with van der Waals surface area (Å²) < 4.78 is 2.19. The Balaban J connectivity index is 1.98. The van der Waals surface area contributed by atoms with Crippen LogP contribution in [0.4, 0.5) is 5.69 Å². The summed E-state index contributed by atoms with van der Waals surface area (Å²) in [5.74, 6) is 0. The summed E-state index contributed by atoms with van der Waals surface area (Å²) in [5.41, 5.74) is 4.01. The summed E-state index contributed by atoms with van der Waals surface area (Å²) in [4.78, 5) is 0. The molecule has 1 heterocycles. The summed E-state index contributed by atoms with van der Waals surface area (Å²) in [5, 5.41) is 23.4. The molecule has 4 aromatic rings. The number of anilines is 1. The molecule has 1 aromatic heterocycles. The molecule has 0 unspecified atom stereocenters. The second kappa shape index (κ2) is 6.47. The summed E-state index contributed by atoms with van der Waals surface area (Å²) in [6.07, 6.45) is 1.44. The molecule has 0 aliphatic rings. The van der Waals surface area contributed by atoms with Gasteiger partial charge in [0, 0.05) is 17.0 Å². The topological polar surface area (TPSA) is 64.5 Å². The number of nitriles is 2. The zero-order chi connectivity index (χ0) is 17.9. The SMILES string of the molecule is N#CC(C#N)=CNc1ccccc1-n1c2ccccc2c2ccccc21. The third-order valence-electron chi connectivity index (χ3n) is 4.34. The minimum absolute atomic E-state index is 0.0297. The van der Waals surface area contributed by atoms with E-state index in [9.17, 15) is 0 Å². The predicted molar refractivity (Wildman–Crippen MR) is 104 cm³/mol. The van der Waals surface area contributed by atoms with Crippen molar-refractivity contribution in [1.29, 1.82) is 10.5 Å². The fourth-order valence-corrected chi connectivity index (χ4v) is 3.21. The van der Waals surface area contributed by atoms with E-state index in [1.165, 1.54) is 17.0 Å². The van der Waals surface area contributed by atoms with E-state index in [1.807, 2.05) is 60.7 Å². The van der Waals surface area contributed by atoms with Gasteiger partial charge in [-0.25, -0.2) is 0 Å². The highest BCUT2D eigenvalue weighted by molar-refractivity contribution is 6.09. The Morgan fingerprint density at radius 3 is 1.92 bits per heavy atom. The molecular weight excluding hydrogens is 320 g/mol. The maximum Gasteiger partial charge on any atom is 0.145 e. The Hall–Kier alpha value is -4.02. The largest absolute Gasteiger partial charge is 0.358 e. The molecule has 0 aliphatic heterocycles. The first-order valence-electron chi connectivity index (χ1n) is 8.18. The zero-order valence-corrected chi connectivity index (χ0v) is 13.8. The molecule has 0 aliphatic carbocycles. The standard InChI is InChI=1S/C22H14N4/c23-13-16(14-24)15-25-19-9-3-6-12-22(19)26-20-10-4-1-7-17(20)18-8-2-5-11-21(18)26/h1-12,15,25H. The lowest BCUT2D eigenvalue weighted by Crippen LogP contribution is -2.00. The number of hydrogen-bond donors (Lipinski definition) is 1. The molecule has 4 nitrogen and oxygen atoms in total. The molecule has 4 heteroatoms. The number of fused-ring (bicyclic) bond motifs is 3. The lowest BCUT2D eigenvalue weighted by molar-refractivity contribution is 1.18. The van der Waals surface area contributed by atoms with Gasteiger partial charge in [-0.2, -0.15) is 10.5 Å². The molecule has 122 valence electrons. The number of para-hydroxylation sites is 4. The van der Waals surface area contributed by atoms with E-state index in [0.717, 1.165) is 22.4 Å². The van der Waals surface area contributed by atoms with Crippen molar-refractivity contribution in [3.05, 3.63) is 84.6 Å². The van der Waals surface area contributed by atoms with Gasteiger partial charge < -0.3 is 9.88 Å². The fraction of sp³-hybridized carbons (Fsp3) is 0. The van der Waals surface area contributed by atoms with Crippen molar-refractivity contribution < 1.29 is 0 Å². The van der Waals surface area contributed by atoms with Crippen LogP contribution in [-0.2, 0) is 0 Å². The molecule has 0 radical (unpaired) electrons. The average molecular weight is 334 g/mol. The van der Waals surface area contributed by atoms with Crippen LogP contribution in [0.25, 0.3) is 27.5 Å². The van der Waals surface area contributed by atoms with Gasteiger partial charge in [-0.3, -0.25) is 0 Å². The number of nitrogens with zero attached hydrogens (tertiary/aromatic N) is 3. The van der Waals surface area contributed by atoms with Gasteiger partial charge in [0.2, 0.25) is 0 Å². The minimum atomic E-state index is 0.0297. The third-order valence-corrected chi connectivity index (χ3v) is 4.34. The number of aromatic nitrogens is 1. The number of allylic oxidation sites excluding steroid dienone is 1. The highest BCUT2D eigenvalue weighted by Gasteiger charge is 2.13. The molecule has 0 saturated heterocycles. The monoisotopic (exact) mass is 334 g/mol. The van der Waals surface area contributed by atoms with Crippen LogP contribution in [0.3, 0.4) is 0 Å². The smallest absolute Gasteiger partial charge is 0.145 e. The molecule has 0 bridgehead atoms. The maximum atomic E-state index is 8.95. The van der Waals surface area contributed by atoms with Gasteiger partial charge in [0.1, 0.15) is 17.7 Å². The molecule has 0 fully saturated rings. The number of hydrogen-bond acceptors (Lipinski definition) is 3. The first kappa shape index (κ1) is 15.5. The van der Waals surface area contributed by atoms with Gasteiger partial charge in [-0.05, 0) is 24.3 Å². The van der Waals surface area contributed by atoms with Gasteiger partial charge in [0.05, 0.1) is 22.4 Å². The van der Waals surface area contributed by atoms with Crippen molar-refractivity contribution in [2.24, 2.45) is 0 Å². The van der Waals surface area contributed by atoms with Gasteiger partial charge in [0.15, 0.2) is 0 Å². The van der Waals surface area contributed by atoms with Crippen LogP contribution in [0.2, 0.25) is 0 Å². The van der Waals surface area contributed by atoms with E-state index in [1.54, 1.807) is 0 Å². The maximum absolute atomic E-state index is 8.95. The van der Waals surface area contributed by atoms with Crippen LogP contribution in [0.5, 0.6) is 0 Å². The highest BCUT2D eigenvalue weighted by atomic mass is 15.0. The Bertz CT molecular complexity index is 1160. The van der Waals surface area contributed by atoms with Crippen LogP contribution in [0, 0.1) is 22.7 Å². The van der Waals surface area contributed by atoms with Crippen LogP contribution in [0.1, 0.15) is 0 Å². The summed E-state index contributed by atoms with van der Waals surface area (Å²) in [6, 6.07) is 28.1. The molecule has 0 spiro atoms. The lowest BCUT2D eigenvalue weighted by atomic mass is 10.2. The predicted octanol–water partition coefficient (Wildman–Crippen LogP) is 5.13. The van der Waals surface area contributed by atoms with Gasteiger partial charge in [0.25, 0.3) is 0 Å². The Morgan fingerprint density at radius 1 is 0.769 bits per heavy atom. The van der Waals surface area contributed by atoms with Crippen LogP contribution in [-0.4, -0.2) is 4.57 Å². The molecule has 3 aromatic carbocycles. The molecule has 0 atom stereocenters. The molecule has 1 N–H and O–H groups in total. The van der Waals surface area contributed by atoms with E-state index < -0.39 is 0 Å². The molecule has 0 amide bonds. The fourth-order valence-electron chi connectivity index (χ4n) is 3.21. The molecular formula is C22H14N4. The van der Waals surface area contributed by atoms with Crippen molar-refractivity contribution >= 4 is 27.5 Å². The van der Waals surface area contributed by atoms with Crippen molar-refractivity contribution in [1.82, 2.24) is 4.57 Å². The van der Waals surface area contributed by atoms with Crippen molar-refractivity contribution in [2.75, 3.05) is 5.32 Å². The average Bonchev–Trinajstić information content (AvgIpc) is 3.03.